The molecule has 10 aromatic carbocycles. The average Bonchev–Trinajstić information content (AvgIpc) is 3.41. The summed E-state index contributed by atoms with van der Waals surface area (Å²) in [4.78, 5) is 5.18. The van der Waals surface area contributed by atoms with E-state index in [1.165, 1.54) is 33.4 Å². The van der Waals surface area contributed by atoms with Gasteiger partial charge < -0.3 is 0 Å². The van der Waals surface area contributed by atoms with Crippen LogP contribution in [0.1, 0.15) is 0 Å². The second-order valence-electron chi connectivity index (χ2n) is 16.6. The summed E-state index contributed by atoms with van der Waals surface area (Å²) in [5, 5.41) is 0. The molecule has 0 bridgehead atoms. The molecule has 0 aliphatic carbocycles. The molecule has 0 amide bonds. The van der Waals surface area contributed by atoms with E-state index in [2.05, 4.69) is 261 Å². The van der Waals surface area contributed by atoms with Crippen molar-refractivity contribution in [2.24, 2.45) is 0 Å². The van der Waals surface area contributed by atoms with E-state index in [-0.39, 0.29) is 0 Å². The van der Waals surface area contributed by atoms with Gasteiger partial charge in [0, 0.05) is 23.5 Å². The van der Waals surface area contributed by atoms with Gasteiger partial charge in [0.1, 0.15) is 0 Å². The Hall–Kier alpha value is -8.65. The molecule has 1 heterocycles. The summed E-state index contributed by atoms with van der Waals surface area (Å²) in [6, 6.07) is 94.1. The summed E-state index contributed by atoms with van der Waals surface area (Å²) in [7, 11) is 0. The van der Waals surface area contributed by atoms with E-state index < -0.39 is 0 Å². The average molecular weight is 840 g/mol. The summed E-state index contributed by atoms with van der Waals surface area (Å²) in [5.74, 6) is 0. The molecule has 0 fully saturated rings. The second kappa shape index (κ2) is 18.2. The normalized spacial score (nSPS) is 11.0. The third-order valence-electron chi connectivity index (χ3n) is 12.6. The third-order valence-corrected chi connectivity index (χ3v) is 12.6. The molecule has 310 valence electrons. The van der Waals surface area contributed by atoms with Crippen molar-refractivity contribution in [3.05, 3.63) is 273 Å². The van der Waals surface area contributed by atoms with Crippen molar-refractivity contribution in [2.75, 3.05) is 0 Å². The molecule has 0 aliphatic rings. The van der Waals surface area contributed by atoms with Crippen LogP contribution in [0.15, 0.2) is 273 Å². The molecule has 0 saturated heterocycles. The van der Waals surface area contributed by atoms with Crippen LogP contribution in [-0.2, 0) is 0 Å². The molecule has 11 aromatic rings. The Balaban J connectivity index is 1.27. The van der Waals surface area contributed by atoms with Crippen LogP contribution in [0.25, 0.3) is 111 Å². The van der Waals surface area contributed by atoms with Crippen molar-refractivity contribution >= 4 is 0 Å². The first-order valence-electron chi connectivity index (χ1n) is 22.6. The molecule has 0 aliphatic heterocycles. The molecule has 1 aromatic heterocycles. The summed E-state index contributed by atoms with van der Waals surface area (Å²) in [6.45, 7) is 0. The number of aromatic nitrogens is 1. The molecular formula is C65H45N. The van der Waals surface area contributed by atoms with Crippen LogP contribution in [0.5, 0.6) is 0 Å². The zero-order chi connectivity index (χ0) is 44.1. The molecule has 0 N–H and O–H groups in total. The van der Waals surface area contributed by atoms with Gasteiger partial charge in [-0.3, -0.25) is 4.98 Å². The maximum absolute atomic E-state index is 5.18. The molecule has 1 heteroatoms. The maximum atomic E-state index is 5.18. The van der Waals surface area contributed by atoms with Crippen molar-refractivity contribution in [3.8, 4) is 111 Å². The van der Waals surface area contributed by atoms with Crippen LogP contribution in [0.3, 0.4) is 0 Å². The number of rotatable bonds is 10. The van der Waals surface area contributed by atoms with Gasteiger partial charge in [0.25, 0.3) is 0 Å². The van der Waals surface area contributed by atoms with Gasteiger partial charge in [-0.2, -0.15) is 0 Å². The maximum Gasteiger partial charge on any atom is 0.0347 e. The highest BCUT2D eigenvalue weighted by molar-refractivity contribution is 6.10. The van der Waals surface area contributed by atoms with Gasteiger partial charge in [0.2, 0.25) is 0 Å². The highest BCUT2D eigenvalue weighted by Gasteiger charge is 2.26. The van der Waals surface area contributed by atoms with Crippen LogP contribution >= 0.6 is 0 Å². The molecule has 0 spiro atoms. The van der Waals surface area contributed by atoms with E-state index in [4.69, 9.17) is 4.98 Å². The van der Waals surface area contributed by atoms with Crippen molar-refractivity contribution in [1.29, 1.82) is 0 Å². The number of hydrogen-bond acceptors (Lipinski definition) is 1. The lowest BCUT2D eigenvalue weighted by atomic mass is 9.78. The van der Waals surface area contributed by atoms with E-state index in [0.717, 1.165) is 77.9 Å². The number of pyridine rings is 1. The van der Waals surface area contributed by atoms with E-state index in [9.17, 15) is 0 Å². The van der Waals surface area contributed by atoms with Crippen molar-refractivity contribution in [1.82, 2.24) is 4.98 Å². The lowest BCUT2D eigenvalue weighted by Gasteiger charge is -2.25. The van der Waals surface area contributed by atoms with Crippen molar-refractivity contribution < 1.29 is 0 Å². The first-order valence-corrected chi connectivity index (χ1v) is 22.6. The fourth-order valence-electron chi connectivity index (χ4n) is 9.65. The second-order valence-corrected chi connectivity index (χ2v) is 16.6. The fraction of sp³-hybridized carbons (Fsp3) is 0. The van der Waals surface area contributed by atoms with Crippen molar-refractivity contribution in [2.45, 2.75) is 0 Å². The Morgan fingerprint density at radius 1 is 0.167 bits per heavy atom. The predicted octanol–water partition coefficient (Wildman–Crippen LogP) is 17.8. The molecule has 0 saturated carbocycles. The van der Waals surface area contributed by atoms with E-state index in [1.54, 1.807) is 0 Å². The number of hydrogen-bond donors (Lipinski definition) is 0. The Kier molecular flexibility index (Phi) is 11.1. The highest BCUT2D eigenvalue weighted by atomic mass is 14.6. The Labute approximate surface area is 387 Å². The Morgan fingerprint density at radius 2 is 0.364 bits per heavy atom. The molecule has 0 atom stereocenters. The molecule has 0 radical (unpaired) electrons. The molecule has 0 unspecified atom stereocenters. The predicted molar refractivity (Wildman–Crippen MR) is 279 cm³/mol. The Morgan fingerprint density at radius 3 is 0.606 bits per heavy atom. The minimum atomic E-state index is 1.04. The zero-order valence-electron chi connectivity index (χ0n) is 36.4. The third kappa shape index (κ3) is 7.74. The van der Waals surface area contributed by atoms with Crippen LogP contribution in [0, 0.1) is 0 Å². The quantitative estimate of drug-likeness (QED) is 0.134. The largest absolute Gasteiger partial charge is 0.263 e. The topological polar surface area (TPSA) is 12.9 Å². The zero-order valence-corrected chi connectivity index (χ0v) is 36.4. The van der Waals surface area contributed by atoms with Gasteiger partial charge in [-0.25, -0.2) is 0 Å². The summed E-state index contributed by atoms with van der Waals surface area (Å²) in [6.07, 6.45) is 4.10. The highest BCUT2D eigenvalue weighted by Crippen LogP contribution is 2.53. The fourth-order valence-corrected chi connectivity index (χ4v) is 9.65. The summed E-state index contributed by atoms with van der Waals surface area (Å²) >= 11 is 0. The van der Waals surface area contributed by atoms with Gasteiger partial charge >= 0.3 is 0 Å². The van der Waals surface area contributed by atoms with Gasteiger partial charge in [-0.1, -0.05) is 243 Å². The van der Waals surface area contributed by atoms with Gasteiger partial charge in [-0.15, -0.1) is 0 Å². The summed E-state index contributed by atoms with van der Waals surface area (Å²) in [5.41, 5.74) is 22.9. The first kappa shape index (κ1) is 40.1. The minimum absolute atomic E-state index is 1.04. The monoisotopic (exact) mass is 839 g/mol. The lowest BCUT2D eigenvalue weighted by Crippen LogP contribution is -1.99. The van der Waals surface area contributed by atoms with Gasteiger partial charge in [0.05, 0.1) is 0 Å². The Bertz CT molecular complexity index is 3160. The smallest absolute Gasteiger partial charge is 0.0347 e. The van der Waals surface area contributed by atoms with Crippen molar-refractivity contribution in [3.63, 3.8) is 0 Å². The lowest BCUT2D eigenvalue weighted by molar-refractivity contribution is 1.33. The first-order chi connectivity index (χ1) is 32.8. The standard InChI is InChI=1S/C65H45N/c1-9-25-46(26-10-1)56-42-58(62(50-33-17-5-18-34-50)64(52-37-21-7-22-38-52)60(56)48-29-13-3-14-30-48)54-41-55(45-66-44-54)59-43-57(47-27-11-2-12-28-47)61(49-31-15-4-16-32-49)65(53-39-23-8-24-40-53)63(59)51-35-19-6-20-36-51/h1-45H. The van der Waals surface area contributed by atoms with Crippen LogP contribution in [0.2, 0.25) is 0 Å². The molecule has 11 rings (SSSR count). The van der Waals surface area contributed by atoms with Crippen LogP contribution in [-0.4, -0.2) is 4.98 Å². The van der Waals surface area contributed by atoms with Gasteiger partial charge in [-0.05, 0) is 118 Å². The molecule has 66 heavy (non-hydrogen) atoms. The molecule has 1 nitrogen and oxygen atoms in total. The summed E-state index contributed by atoms with van der Waals surface area (Å²) < 4.78 is 0. The number of benzene rings is 10. The minimum Gasteiger partial charge on any atom is -0.263 e. The van der Waals surface area contributed by atoms with Gasteiger partial charge in [0.15, 0.2) is 0 Å². The van der Waals surface area contributed by atoms with Crippen LogP contribution < -0.4 is 0 Å². The van der Waals surface area contributed by atoms with E-state index >= 15 is 0 Å². The van der Waals surface area contributed by atoms with E-state index in [0.29, 0.717) is 0 Å². The SMILES string of the molecule is c1ccc(-c2cc(-c3cncc(-c4cc(-c5ccccc5)c(-c5ccccc5)c(-c5ccccc5)c4-c4ccccc4)c3)c(-c3ccccc3)c(-c3ccccc3)c2-c2ccccc2)cc1. The van der Waals surface area contributed by atoms with E-state index in [1.807, 2.05) is 12.4 Å². The molecular weight excluding hydrogens is 795 g/mol. The van der Waals surface area contributed by atoms with Crippen LogP contribution in [0.4, 0.5) is 0 Å². The number of nitrogens with zero attached hydrogens (tertiary/aromatic N) is 1.